The molecule has 1 aliphatic rings. The van der Waals surface area contributed by atoms with Gasteiger partial charge in [-0.3, -0.25) is 0 Å². The molecule has 1 aromatic rings. The molecule has 0 radical (unpaired) electrons. The third-order valence-electron chi connectivity index (χ3n) is 3.32. The van der Waals surface area contributed by atoms with Crippen molar-refractivity contribution in [2.75, 3.05) is 6.54 Å². The van der Waals surface area contributed by atoms with Crippen molar-refractivity contribution in [1.29, 1.82) is 0 Å². The molecule has 1 atom stereocenters. The van der Waals surface area contributed by atoms with Gasteiger partial charge in [0, 0.05) is 18.0 Å². The summed E-state index contributed by atoms with van der Waals surface area (Å²) in [6, 6.07) is 11.4. The second-order valence-corrected chi connectivity index (χ2v) is 5.18. The van der Waals surface area contributed by atoms with Crippen LogP contribution in [0.4, 0.5) is 0 Å². The lowest BCUT2D eigenvalue weighted by Crippen LogP contribution is -2.33. The Kier molecular flexibility index (Phi) is 3.45. The molecule has 0 saturated heterocycles. The highest BCUT2D eigenvalue weighted by molar-refractivity contribution is 5.18. The second-order valence-electron chi connectivity index (χ2n) is 5.18. The van der Waals surface area contributed by atoms with Crippen molar-refractivity contribution < 1.29 is 0 Å². The van der Waals surface area contributed by atoms with Gasteiger partial charge in [-0.15, -0.1) is 6.58 Å². The first-order valence-electron chi connectivity index (χ1n) is 6.13. The summed E-state index contributed by atoms with van der Waals surface area (Å²) in [7, 11) is 0. The van der Waals surface area contributed by atoms with Crippen LogP contribution in [0.1, 0.15) is 25.3 Å². The molecule has 1 heteroatoms. The number of hydrogen-bond acceptors (Lipinski definition) is 1. The molecule has 1 nitrogen and oxygen atoms in total. The highest BCUT2D eigenvalue weighted by Crippen LogP contribution is 2.26. The normalized spacial score (nSPS) is 19.1. The summed E-state index contributed by atoms with van der Waals surface area (Å²) in [6.45, 7) is 7.31. The quantitative estimate of drug-likeness (QED) is 0.719. The first-order valence-corrected chi connectivity index (χ1v) is 6.13. The lowest BCUT2D eigenvalue weighted by atomic mass is 9.83. The molecule has 16 heavy (non-hydrogen) atoms. The van der Waals surface area contributed by atoms with Crippen molar-refractivity contribution in [1.82, 2.24) is 5.32 Å². The van der Waals surface area contributed by atoms with Gasteiger partial charge < -0.3 is 5.32 Å². The highest BCUT2D eigenvalue weighted by atomic mass is 15.0. The van der Waals surface area contributed by atoms with Crippen molar-refractivity contribution in [3.8, 4) is 0 Å². The summed E-state index contributed by atoms with van der Waals surface area (Å²) in [5.41, 5.74) is 1.56. The summed E-state index contributed by atoms with van der Waals surface area (Å²) in [6.07, 6.45) is 5.85. The van der Waals surface area contributed by atoms with Gasteiger partial charge in [0.1, 0.15) is 0 Å². The van der Waals surface area contributed by atoms with Gasteiger partial charge in [0.2, 0.25) is 0 Å². The Morgan fingerprint density at radius 2 is 2.06 bits per heavy atom. The zero-order chi connectivity index (χ0) is 11.4. The number of benzene rings is 1. The Labute approximate surface area is 98.6 Å². The van der Waals surface area contributed by atoms with E-state index in [1.54, 1.807) is 0 Å². The molecule has 0 heterocycles. The summed E-state index contributed by atoms with van der Waals surface area (Å²) in [4.78, 5) is 0. The average Bonchev–Trinajstić information content (AvgIpc) is 3.12. The van der Waals surface area contributed by atoms with Crippen LogP contribution in [0.5, 0.6) is 0 Å². The van der Waals surface area contributed by atoms with E-state index in [1.165, 1.54) is 18.4 Å². The molecule has 86 valence electrons. The zero-order valence-corrected chi connectivity index (χ0v) is 10.1. The fourth-order valence-electron chi connectivity index (χ4n) is 1.93. The summed E-state index contributed by atoms with van der Waals surface area (Å²) >= 11 is 0. The van der Waals surface area contributed by atoms with Crippen LogP contribution in [-0.4, -0.2) is 12.6 Å². The minimum absolute atomic E-state index is 0.171. The third-order valence-corrected chi connectivity index (χ3v) is 3.32. The van der Waals surface area contributed by atoms with Crippen LogP contribution in [0, 0.1) is 5.41 Å². The second kappa shape index (κ2) is 4.84. The van der Waals surface area contributed by atoms with Crippen LogP contribution in [-0.2, 0) is 6.42 Å². The van der Waals surface area contributed by atoms with Crippen molar-refractivity contribution in [3.63, 3.8) is 0 Å². The Morgan fingerprint density at radius 1 is 1.38 bits per heavy atom. The van der Waals surface area contributed by atoms with Gasteiger partial charge in [-0.2, -0.15) is 0 Å². The summed E-state index contributed by atoms with van der Waals surface area (Å²) in [5, 5.41) is 3.60. The van der Waals surface area contributed by atoms with Crippen molar-refractivity contribution >= 4 is 0 Å². The van der Waals surface area contributed by atoms with Gasteiger partial charge >= 0.3 is 0 Å². The first kappa shape index (κ1) is 11.4. The number of hydrogen-bond donors (Lipinski definition) is 1. The van der Waals surface area contributed by atoms with Crippen LogP contribution >= 0.6 is 0 Å². The number of nitrogens with one attached hydrogen (secondary N) is 1. The van der Waals surface area contributed by atoms with E-state index in [1.807, 2.05) is 0 Å². The molecule has 0 amide bonds. The first-order chi connectivity index (χ1) is 7.72. The minimum Gasteiger partial charge on any atom is -0.313 e. The zero-order valence-electron chi connectivity index (χ0n) is 10.1. The van der Waals surface area contributed by atoms with Crippen LogP contribution in [0.2, 0.25) is 0 Å². The van der Waals surface area contributed by atoms with E-state index in [4.69, 9.17) is 0 Å². The van der Waals surface area contributed by atoms with Crippen molar-refractivity contribution in [2.45, 2.75) is 32.2 Å². The van der Waals surface area contributed by atoms with Gasteiger partial charge in [0.25, 0.3) is 0 Å². The molecule has 1 N–H and O–H groups in total. The molecule has 0 bridgehead atoms. The Hall–Kier alpha value is -1.08. The Balaban J connectivity index is 1.94. The lowest BCUT2D eigenvalue weighted by Gasteiger charge is -2.26. The maximum Gasteiger partial charge on any atom is 0.00685 e. The van der Waals surface area contributed by atoms with Crippen LogP contribution in [0.3, 0.4) is 0 Å². The highest BCUT2D eigenvalue weighted by Gasteiger charge is 2.26. The molecule has 1 fully saturated rings. The molecule has 1 aliphatic carbocycles. The monoisotopic (exact) mass is 215 g/mol. The predicted molar refractivity (Wildman–Crippen MR) is 69.5 cm³/mol. The Morgan fingerprint density at radius 3 is 2.62 bits per heavy atom. The molecule has 1 aromatic carbocycles. The van der Waals surface area contributed by atoms with Crippen molar-refractivity contribution in [2.24, 2.45) is 5.41 Å². The van der Waals surface area contributed by atoms with Gasteiger partial charge in [0.05, 0.1) is 0 Å². The van der Waals surface area contributed by atoms with Gasteiger partial charge in [-0.1, -0.05) is 43.3 Å². The maximum absolute atomic E-state index is 3.99. The van der Waals surface area contributed by atoms with E-state index in [0.717, 1.165) is 19.0 Å². The van der Waals surface area contributed by atoms with Crippen LogP contribution < -0.4 is 5.32 Å². The molecule has 0 aliphatic heterocycles. The fourth-order valence-corrected chi connectivity index (χ4v) is 1.93. The molecular weight excluding hydrogens is 194 g/mol. The van der Waals surface area contributed by atoms with E-state index in [9.17, 15) is 0 Å². The smallest absolute Gasteiger partial charge is 0.00685 e. The van der Waals surface area contributed by atoms with E-state index < -0.39 is 0 Å². The van der Waals surface area contributed by atoms with Gasteiger partial charge in [-0.05, 0) is 24.8 Å². The molecule has 1 unspecified atom stereocenters. The predicted octanol–water partition coefficient (Wildman–Crippen LogP) is 3.17. The van der Waals surface area contributed by atoms with Gasteiger partial charge in [-0.25, -0.2) is 0 Å². The average molecular weight is 215 g/mol. The lowest BCUT2D eigenvalue weighted by molar-refractivity contribution is 0.389. The molecule has 0 spiro atoms. The minimum atomic E-state index is 0.171. The van der Waals surface area contributed by atoms with E-state index in [0.29, 0.717) is 0 Å². The van der Waals surface area contributed by atoms with E-state index in [2.05, 4.69) is 55.2 Å². The molecule has 0 aromatic heterocycles. The maximum atomic E-state index is 3.99. The van der Waals surface area contributed by atoms with E-state index >= 15 is 0 Å². The van der Waals surface area contributed by atoms with E-state index in [-0.39, 0.29) is 5.41 Å². The SMILES string of the molecule is C=CC(C)(CNC1CC1)Cc1ccccc1. The van der Waals surface area contributed by atoms with Gasteiger partial charge in [0.15, 0.2) is 0 Å². The topological polar surface area (TPSA) is 12.0 Å². The van der Waals surface area contributed by atoms with Crippen LogP contribution in [0.15, 0.2) is 43.0 Å². The van der Waals surface area contributed by atoms with Crippen LogP contribution in [0.25, 0.3) is 0 Å². The summed E-state index contributed by atoms with van der Waals surface area (Å²) in [5.74, 6) is 0. The third kappa shape index (κ3) is 3.21. The number of rotatable bonds is 6. The molecule has 2 rings (SSSR count). The largest absolute Gasteiger partial charge is 0.313 e. The molecule has 1 saturated carbocycles. The van der Waals surface area contributed by atoms with Crippen molar-refractivity contribution in [3.05, 3.63) is 48.6 Å². The fraction of sp³-hybridized carbons (Fsp3) is 0.467. The molecular formula is C15H21N. The Bertz CT molecular complexity index is 340. The summed E-state index contributed by atoms with van der Waals surface area (Å²) < 4.78 is 0. The standard InChI is InChI=1S/C15H21N/c1-3-15(2,12-16-14-9-10-14)11-13-7-5-4-6-8-13/h3-8,14,16H,1,9-12H2,2H3.